The fourth-order valence-electron chi connectivity index (χ4n) is 2.54. The van der Waals surface area contributed by atoms with Crippen LogP contribution in [0.1, 0.15) is 18.1 Å². The minimum Gasteiger partial charge on any atom is -0.324 e. The van der Waals surface area contributed by atoms with E-state index in [0.717, 1.165) is 21.7 Å². The molecule has 0 fully saturated rings. The SMILES string of the molecule is Cc1ccc(C)c(NC(=O)[C@H](C)N(c2cc(Cl)ccc2Cl)S(C)(=O)=O)c1. The first-order valence-corrected chi connectivity index (χ1v) is 10.4. The second kappa shape index (κ2) is 7.86. The Morgan fingerprint density at radius 2 is 1.77 bits per heavy atom. The van der Waals surface area contributed by atoms with Crippen molar-refractivity contribution in [1.29, 1.82) is 0 Å². The molecule has 0 saturated heterocycles. The van der Waals surface area contributed by atoms with E-state index in [1.165, 1.54) is 19.1 Å². The lowest BCUT2D eigenvalue weighted by Gasteiger charge is -2.29. The van der Waals surface area contributed by atoms with Gasteiger partial charge in [0.1, 0.15) is 6.04 Å². The minimum absolute atomic E-state index is 0.158. The van der Waals surface area contributed by atoms with Gasteiger partial charge in [0.05, 0.1) is 17.0 Å². The lowest BCUT2D eigenvalue weighted by Crippen LogP contribution is -2.45. The Hall–Kier alpha value is -1.76. The van der Waals surface area contributed by atoms with Gasteiger partial charge in [-0.25, -0.2) is 8.42 Å². The zero-order valence-electron chi connectivity index (χ0n) is 14.9. The number of nitrogens with zero attached hydrogens (tertiary/aromatic N) is 1. The number of benzene rings is 2. The molecule has 0 aliphatic rings. The zero-order chi connectivity index (χ0) is 19.6. The van der Waals surface area contributed by atoms with Crippen LogP contribution in [0.5, 0.6) is 0 Å². The molecular formula is C18H20Cl2N2O3S. The first-order chi connectivity index (χ1) is 12.0. The van der Waals surface area contributed by atoms with Crippen molar-refractivity contribution in [3.8, 4) is 0 Å². The van der Waals surface area contributed by atoms with Crippen molar-refractivity contribution in [2.75, 3.05) is 15.9 Å². The Labute approximate surface area is 164 Å². The number of rotatable bonds is 5. The van der Waals surface area contributed by atoms with Crippen LogP contribution >= 0.6 is 23.2 Å². The molecule has 1 N–H and O–H groups in total. The predicted octanol–water partition coefficient (Wildman–Crippen LogP) is 4.40. The summed E-state index contributed by atoms with van der Waals surface area (Å²) in [7, 11) is -3.78. The molecule has 0 radical (unpaired) electrons. The van der Waals surface area contributed by atoms with E-state index in [0.29, 0.717) is 10.7 Å². The standard InChI is InChI=1S/C18H20Cl2N2O3S/c1-11-5-6-12(2)16(9-11)21-18(23)13(3)22(26(4,24)25)17-10-14(19)7-8-15(17)20/h5-10,13H,1-4H3,(H,21,23)/t13-/m0/s1. The number of anilines is 2. The molecule has 8 heteroatoms. The van der Waals surface area contributed by atoms with Gasteiger partial charge in [-0.3, -0.25) is 9.10 Å². The summed E-state index contributed by atoms with van der Waals surface area (Å²) in [6.45, 7) is 5.27. The van der Waals surface area contributed by atoms with Crippen molar-refractivity contribution in [1.82, 2.24) is 0 Å². The van der Waals surface area contributed by atoms with Gasteiger partial charge in [0, 0.05) is 10.7 Å². The Morgan fingerprint density at radius 1 is 1.12 bits per heavy atom. The number of carbonyl (C=O) groups is 1. The number of hydrogen-bond donors (Lipinski definition) is 1. The average molecular weight is 415 g/mol. The first-order valence-electron chi connectivity index (χ1n) is 7.83. The first kappa shape index (κ1) is 20.6. The second-order valence-electron chi connectivity index (χ2n) is 6.14. The number of aryl methyl sites for hydroxylation is 2. The summed E-state index contributed by atoms with van der Waals surface area (Å²) in [6, 6.07) is 9.09. The Balaban J connectivity index is 2.41. The summed E-state index contributed by atoms with van der Waals surface area (Å²) in [5, 5.41) is 3.29. The number of hydrogen-bond acceptors (Lipinski definition) is 3. The van der Waals surface area contributed by atoms with Gasteiger partial charge in [-0.15, -0.1) is 0 Å². The van der Waals surface area contributed by atoms with Crippen LogP contribution in [-0.2, 0) is 14.8 Å². The van der Waals surface area contributed by atoms with E-state index in [1.54, 1.807) is 6.07 Å². The summed E-state index contributed by atoms with van der Waals surface area (Å²) in [5.74, 6) is -0.472. The van der Waals surface area contributed by atoms with Crippen LogP contribution in [0.2, 0.25) is 10.0 Å². The number of halogens is 2. The highest BCUT2D eigenvalue weighted by atomic mass is 35.5. The van der Waals surface area contributed by atoms with Gasteiger partial charge in [-0.05, 0) is 56.2 Å². The molecule has 140 valence electrons. The van der Waals surface area contributed by atoms with Crippen LogP contribution in [0.25, 0.3) is 0 Å². The molecule has 5 nitrogen and oxygen atoms in total. The van der Waals surface area contributed by atoms with E-state index in [1.807, 2.05) is 32.0 Å². The molecular weight excluding hydrogens is 395 g/mol. The molecule has 1 amide bonds. The highest BCUT2D eigenvalue weighted by molar-refractivity contribution is 7.92. The summed E-state index contributed by atoms with van der Waals surface area (Å²) in [6.07, 6.45) is 1.02. The average Bonchev–Trinajstić information content (AvgIpc) is 2.53. The van der Waals surface area contributed by atoms with Crippen molar-refractivity contribution in [3.05, 3.63) is 57.6 Å². The van der Waals surface area contributed by atoms with E-state index in [4.69, 9.17) is 23.2 Å². The maximum absolute atomic E-state index is 12.7. The normalized spacial score (nSPS) is 12.5. The molecule has 0 unspecified atom stereocenters. The lowest BCUT2D eigenvalue weighted by atomic mass is 10.1. The summed E-state index contributed by atoms with van der Waals surface area (Å²) >= 11 is 12.1. The molecule has 2 rings (SSSR count). The fourth-order valence-corrected chi connectivity index (χ4v) is 4.15. The topological polar surface area (TPSA) is 66.5 Å². The summed E-state index contributed by atoms with van der Waals surface area (Å²) < 4.78 is 25.7. The summed E-state index contributed by atoms with van der Waals surface area (Å²) in [4.78, 5) is 12.7. The highest BCUT2D eigenvalue weighted by Gasteiger charge is 2.31. The van der Waals surface area contributed by atoms with Crippen molar-refractivity contribution >= 4 is 50.5 Å². The number of sulfonamides is 1. The van der Waals surface area contributed by atoms with E-state index in [2.05, 4.69) is 5.32 Å². The maximum Gasteiger partial charge on any atom is 0.248 e. The maximum atomic E-state index is 12.7. The predicted molar refractivity (Wildman–Crippen MR) is 108 cm³/mol. The molecule has 0 bridgehead atoms. The van der Waals surface area contributed by atoms with Crippen LogP contribution < -0.4 is 9.62 Å². The molecule has 0 saturated carbocycles. The molecule has 26 heavy (non-hydrogen) atoms. The largest absolute Gasteiger partial charge is 0.324 e. The van der Waals surface area contributed by atoms with Crippen LogP contribution in [0, 0.1) is 13.8 Å². The molecule has 0 aliphatic carbocycles. The highest BCUT2D eigenvalue weighted by Crippen LogP contribution is 2.32. The zero-order valence-corrected chi connectivity index (χ0v) is 17.2. The Kier molecular flexibility index (Phi) is 6.21. The van der Waals surface area contributed by atoms with Crippen LogP contribution in [0.4, 0.5) is 11.4 Å². The van der Waals surface area contributed by atoms with Crippen LogP contribution in [0.15, 0.2) is 36.4 Å². The van der Waals surface area contributed by atoms with Gasteiger partial charge >= 0.3 is 0 Å². The third-order valence-corrected chi connectivity index (χ3v) is 5.67. The summed E-state index contributed by atoms with van der Waals surface area (Å²) in [5.41, 5.74) is 2.65. The van der Waals surface area contributed by atoms with E-state index < -0.39 is 22.0 Å². The molecule has 0 aromatic heterocycles. The minimum atomic E-state index is -3.78. The third-order valence-electron chi connectivity index (χ3n) is 3.89. The van der Waals surface area contributed by atoms with Crippen molar-refractivity contribution in [3.63, 3.8) is 0 Å². The van der Waals surface area contributed by atoms with Gasteiger partial charge in [-0.1, -0.05) is 35.3 Å². The molecule has 2 aromatic carbocycles. The van der Waals surface area contributed by atoms with Gasteiger partial charge < -0.3 is 5.32 Å². The fraction of sp³-hybridized carbons (Fsp3) is 0.278. The molecule has 1 atom stereocenters. The number of nitrogens with one attached hydrogen (secondary N) is 1. The monoisotopic (exact) mass is 414 g/mol. The van der Waals surface area contributed by atoms with Crippen molar-refractivity contribution < 1.29 is 13.2 Å². The van der Waals surface area contributed by atoms with E-state index in [9.17, 15) is 13.2 Å². The Bertz CT molecular complexity index is 945. The lowest BCUT2D eigenvalue weighted by molar-refractivity contribution is -0.116. The van der Waals surface area contributed by atoms with Crippen molar-refractivity contribution in [2.24, 2.45) is 0 Å². The number of carbonyl (C=O) groups excluding carboxylic acids is 1. The smallest absolute Gasteiger partial charge is 0.248 e. The van der Waals surface area contributed by atoms with Crippen molar-refractivity contribution in [2.45, 2.75) is 26.8 Å². The molecule has 0 spiro atoms. The van der Waals surface area contributed by atoms with E-state index >= 15 is 0 Å². The molecule has 2 aromatic rings. The van der Waals surface area contributed by atoms with Gasteiger partial charge in [0.15, 0.2) is 0 Å². The third kappa shape index (κ3) is 4.69. The van der Waals surface area contributed by atoms with Gasteiger partial charge in [0.2, 0.25) is 15.9 Å². The van der Waals surface area contributed by atoms with Crippen LogP contribution in [0.3, 0.4) is 0 Å². The molecule has 0 heterocycles. The number of amides is 1. The Morgan fingerprint density at radius 3 is 2.38 bits per heavy atom. The molecule has 0 aliphatic heterocycles. The van der Waals surface area contributed by atoms with Gasteiger partial charge in [0.25, 0.3) is 0 Å². The van der Waals surface area contributed by atoms with Gasteiger partial charge in [-0.2, -0.15) is 0 Å². The second-order valence-corrected chi connectivity index (χ2v) is 8.84. The quantitative estimate of drug-likeness (QED) is 0.787. The van der Waals surface area contributed by atoms with E-state index in [-0.39, 0.29) is 10.7 Å². The van der Waals surface area contributed by atoms with Crippen LogP contribution in [-0.4, -0.2) is 26.6 Å².